The number of sulfonamides is 1. The van der Waals surface area contributed by atoms with E-state index in [1.54, 1.807) is 42.5 Å². The van der Waals surface area contributed by atoms with Crippen LogP contribution < -0.4 is 10.0 Å². The average molecular weight is 372 g/mol. The molecule has 1 saturated heterocycles. The van der Waals surface area contributed by atoms with Crippen LogP contribution in [0.25, 0.3) is 0 Å². The number of nitrogens with one attached hydrogen (secondary N) is 2. The van der Waals surface area contributed by atoms with Gasteiger partial charge in [0, 0.05) is 17.2 Å². The van der Waals surface area contributed by atoms with Crippen molar-refractivity contribution in [3.63, 3.8) is 0 Å². The molecule has 0 aromatic heterocycles. The summed E-state index contributed by atoms with van der Waals surface area (Å²) in [6.45, 7) is 3.66. The van der Waals surface area contributed by atoms with Crippen molar-refractivity contribution in [3.05, 3.63) is 65.7 Å². The predicted molar refractivity (Wildman–Crippen MR) is 102 cm³/mol. The number of benzene rings is 2. The third-order valence-corrected chi connectivity index (χ3v) is 6.46. The van der Waals surface area contributed by atoms with Gasteiger partial charge < -0.3 is 5.32 Å². The first-order valence-electron chi connectivity index (χ1n) is 8.91. The normalized spacial score (nSPS) is 19.0. The summed E-state index contributed by atoms with van der Waals surface area (Å²) in [7, 11) is -3.79. The van der Waals surface area contributed by atoms with Gasteiger partial charge in [-0.1, -0.05) is 42.5 Å². The van der Waals surface area contributed by atoms with E-state index in [0.717, 1.165) is 25.9 Å². The molecule has 2 atom stereocenters. The molecule has 1 aliphatic rings. The number of carbonyl (C=O) groups excluding carboxylic acids is 1. The standard InChI is InChI=1S/C20H24N2O3S/c1-15(17-10-7-13-21-14-17)22-26(24,25)19-12-6-5-11-18(19)20(23)16-8-3-2-4-9-16/h2-6,8-9,11-12,15,17,21-22H,7,10,13-14H2,1H3. The van der Waals surface area contributed by atoms with Crippen LogP contribution >= 0.6 is 0 Å². The minimum absolute atomic E-state index is 0.0319. The SMILES string of the molecule is CC(NS(=O)(=O)c1ccccc1C(=O)c1ccccc1)C1CCCNC1. The van der Waals surface area contributed by atoms with Gasteiger partial charge in [0.1, 0.15) is 0 Å². The van der Waals surface area contributed by atoms with Gasteiger partial charge in [-0.15, -0.1) is 0 Å². The lowest BCUT2D eigenvalue weighted by atomic mass is 9.94. The molecule has 0 saturated carbocycles. The Morgan fingerprint density at radius 1 is 1.12 bits per heavy atom. The van der Waals surface area contributed by atoms with Gasteiger partial charge in [0.15, 0.2) is 5.78 Å². The fourth-order valence-electron chi connectivity index (χ4n) is 3.34. The molecule has 1 heterocycles. The Morgan fingerprint density at radius 2 is 1.81 bits per heavy atom. The zero-order chi connectivity index (χ0) is 18.6. The van der Waals surface area contributed by atoms with E-state index in [1.807, 2.05) is 13.0 Å². The Labute approximate surface area is 154 Å². The third-order valence-electron chi connectivity index (χ3n) is 4.84. The highest BCUT2D eigenvalue weighted by molar-refractivity contribution is 7.89. The zero-order valence-corrected chi connectivity index (χ0v) is 15.6. The molecule has 0 aliphatic carbocycles. The first kappa shape index (κ1) is 18.8. The van der Waals surface area contributed by atoms with E-state index in [1.165, 1.54) is 6.07 Å². The molecule has 0 amide bonds. The molecule has 0 radical (unpaired) electrons. The Balaban J connectivity index is 1.87. The van der Waals surface area contributed by atoms with Gasteiger partial charge in [0.05, 0.1) is 4.90 Å². The summed E-state index contributed by atoms with van der Waals surface area (Å²) in [6.07, 6.45) is 2.03. The number of hydrogen-bond acceptors (Lipinski definition) is 4. The average Bonchev–Trinajstić information content (AvgIpc) is 2.68. The maximum absolute atomic E-state index is 13.0. The first-order valence-corrected chi connectivity index (χ1v) is 10.4. The molecule has 1 aliphatic heterocycles. The van der Waals surface area contributed by atoms with Crippen molar-refractivity contribution < 1.29 is 13.2 Å². The fraction of sp³-hybridized carbons (Fsp3) is 0.350. The quantitative estimate of drug-likeness (QED) is 0.764. The lowest BCUT2D eigenvalue weighted by Gasteiger charge is -2.29. The molecule has 2 N–H and O–H groups in total. The smallest absolute Gasteiger partial charge is 0.241 e. The number of piperidine rings is 1. The number of hydrogen-bond donors (Lipinski definition) is 2. The Hall–Kier alpha value is -2.02. The fourth-order valence-corrected chi connectivity index (χ4v) is 4.86. The second-order valence-electron chi connectivity index (χ2n) is 6.71. The van der Waals surface area contributed by atoms with E-state index >= 15 is 0 Å². The highest BCUT2D eigenvalue weighted by atomic mass is 32.2. The van der Waals surface area contributed by atoms with Crippen LogP contribution in [0.1, 0.15) is 35.7 Å². The van der Waals surface area contributed by atoms with Gasteiger partial charge in [0.25, 0.3) is 0 Å². The van der Waals surface area contributed by atoms with Crippen LogP contribution in [0.4, 0.5) is 0 Å². The van der Waals surface area contributed by atoms with E-state index < -0.39 is 10.0 Å². The summed E-state index contributed by atoms with van der Waals surface area (Å²) in [5, 5.41) is 3.30. The van der Waals surface area contributed by atoms with E-state index in [-0.39, 0.29) is 28.2 Å². The van der Waals surface area contributed by atoms with Crippen molar-refractivity contribution in [2.75, 3.05) is 13.1 Å². The minimum Gasteiger partial charge on any atom is -0.316 e. The summed E-state index contributed by atoms with van der Waals surface area (Å²) >= 11 is 0. The van der Waals surface area contributed by atoms with E-state index in [2.05, 4.69) is 10.0 Å². The molecule has 5 nitrogen and oxygen atoms in total. The van der Waals surface area contributed by atoms with E-state index in [9.17, 15) is 13.2 Å². The van der Waals surface area contributed by atoms with Crippen LogP contribution in [0.2, 0.25) is 0 Å². The Kier molecular flexibility index (Phi) is 5.86. The summed E-state index contributed by atoms with van der Waals surface area (Å²) in [5.41, 5.74) is 0.667. The summed E-state index contributed by atoms with van der Waals surface area (Å²) < 4.78 is 28.7. The molecular formula is C20H24N2O3S. The summed E-state index contributed by atoms with van der Waals surface area (Å²) in [6, 6.07) is 14.9. The lowest BCUT2D eigenvalue weighted by molar-refractivity contribution is 0.103. The molecule has 26 heavy (non-hydrogen) atoms. The molecule has 0 bridgehead atoms. The molecule has 6 heteroatoms. The van der Waals surface area contributed by atoms with E-state index in [0.29, 0.717) is 5.56 Å². The third kappa shape index (κ3) is 4.20. The topological polar surface area (TPSA) is 75.3 Å². The molecule has 1 fully saturated rings. The van der Waals surface area contributed by atoms with Crippen molar-refractivity contribution in [3.8, 4) is 0 Å². The molecule has 3 rings (SSSR count). The molecule has 2 unspecified atom stereocenters. The maximum atomic E-state index is 13.0. The number of ketones is 1. The van der Waals surface area contributed by atoms with Gasteiger partial charge in [-0.2, -0.15) is 0 Å². The number of rotatable bonds is 6. The maximum Gasteiger partial charge on any atom is 0.241 e. The summed E-state index contributed by atoms with van der Waals surface area (Å²) in [5.74, 6) is -0.0472. The lowest BCUT2D eigenvalue weighted by Crippen LogP contribution is -2.44. The first-order chi connectivity index (χ1) is 12.5. The molecule has 2 aromatic rings. The predicted octanol–water partition coefficient (Wildman–Crippen LogP) is 2.58. The van der Waals surface area contributed by atoms with Crippen molar-refractivity contribution in [2.45, 2.75) is 30.7 Å². The van der Waals surface area contributed by atoms with Gasteiger partial charge in [-0.3, -0.25) is 4.79 Å². The van der Waals surface area contributed by atoms with Crippen LogP contribution in [0.15, 0.2) is 59.5 Å². The van der Waals surface area contributed by atoms with Crippen molar-refractivity contribution in [1.82, 2.24) is 10.0 Å². The number of carbonyl (C=O) groups is 1. The molecule has 2 aromatic carbocycles. The van der Waals surface area contributed by atoms with Gasteiger partial charge >= 0.3 is 0 Å². The monoisotopic (exact) mass is 372 g/mol. The largest absolute Gasteiger partial charge is 0.316 e. The Bertz CT molecular complexity index is 860. The van der Waals surface area contributed by atoms with Crippen LogP contribution in [0.3, 0.4) is 0 Å². The Morgan fingerprint density at radius 3 is 2.50 bits per heavy atom. The van der Waals surface area contributed by atoms with Crippen LogP contribution in [0.5, 0.6) is 0 Å². The van der Waals surface area contributed by atoms with E-state index in [4.69, 9.17) is 0 Å². The molecule has 138 valence electrons. The zero-order valence-electron chi connectivity index (χ0n) is 14.8. The van der Waals surface area contributed by atoms with Crippen molar-refractivity contribution in [1.29, 1.82) is 0 Å². The van der Waals surface area contributed by atoms with Gasteiger partial charge in [-0.25, -0.2) is 13.1 Å². The van der Waals surface area contributed by atoms with Crippen LogP contribution in [-0.2, 0) is 10.0 Å². The second-order valence-corrected chi connectivity index (χ2v) is 8.39. The van der Waals surface area contributed by atoms with Gasteiger partial charge in [0.2, 0.25) is 10.0 Å². The van der Waals surface area contributed by atoms with Crippen molar-refractivity contribution in [2.24, 2.45) is 5.92 Å². The summed E-state index contributed by atoms with van der Waals surface area (Å²) in [4.78, 5) is 12.8. The highest BCUT2D eigenvalue weighted by Crippen LogP contribution is 2.21. The van der Waals surface area contributed by atoms with Gasteiger partial charge in [-0.05, 0) is 50.9 Å². The van der Waals surface area contributed by atoms with Crippen LogP contribution in [0, 0.1) is 5.92 Å². The van der Waals surface area contributed by atoms with Crippen molar-refractivity contribution >= 4 is 15.8 Å². The minimum atomic E-state index is -3.79. The molecule has 0 spiro atoms. The van der Waals surface area contributed by atoms with Crippen LogP contribution in [-0.4, -0.2) is 33.3 Å². The second kappa shape index (κ2) is 8.12. The highest BCUT2D eigenvalue weighted by Gasteiger charge is 2.28. The molecular weight excluding hydrogens is 348 g/mol.